The van der Waals surface area contributed by atoms with Gasteiger partial charge in [-0.3, -0.25) is 9.36 Å². The van der Waals surface area contributed by atoms with Crippen molar-refractivity contribution in [2.45, 2.75) is 13.1 Å². The van der Waals surface area contributed by atoms with Crippen molar-refractivity contribution in [1.82, 2.24) is 24.8 Å². The van der Waals surface area contributed by atoms with Gasteiger partial charge in [0.2, 0.25) is 0 Å². The van der Waals surface area contributed by atoms with E-state index in [4.69, 9.17) is 5.73 Å². The molecule has 7 nitrogen and oxygen atoms in total. The quantitative estimate of drug-likeness (QED) is 0.716. The normalized spacial score (nSPS) is 10.6. The zero-order valence-electron chi connectivity index (χ0n) is 9.17. The second-order valence-corrected chi connectivity index (χ2v) is 3.46. The highest BCUT2D eigenvalue weighted by atomic mass is 15.4. The second kappa shape index (κ2) is 4.75. The van der Waals surface area contributed by atoms with Crippen LogP contribution in [0.3, 0.4) is 0 Å². The van der Waals surface area contributed by atoms with Gasteiger partial charge < -0.3 is 11.1 Å². The van der Waals surface area contributed by atoms with Crippen molar-refractivity contribution >= 4 is 5.82 Å². The maximum absolute atomic E-state index is 5.42. The first-order valence-corrected chi connectivity index (χ1v) is 5.10. The lowest BCUT2D eigenvalue weighted by Crippen LogP contribution is -2.10. The Morgan fingerprint density at radius 3 is 3.06 bits per heavy atom. The Morgan fingerprint density at radius 2 is 2.38 bits per heavy atom. The number of nitrogens with two attached hydrogens (primary N) is 1. The van der Waals surface area contributed by atoms with Crippen molar-refractivity contribution in [3.8, 4) is 0 Å². The molecule has 0 amide bonds. The molecule has 2 rings (SSSR count). The summed E-state index contributed by atoms with van der Waals surface area (Å²) in [5.74, 6) is 0.952. The van der Waals surface area contributed by atoms with Crippen LogP contribution in [0.25, 0.3) is 0 Å². The lowest BCUT2D eigenvalue weighted by atomic mass is 10.4. The molecule has 0 spiro atoms. The number of hydrogen-bond acceptors (Lipinski definition) is 5. The van der Waals surface area contributed by atoms with Crippen LogP contribution in [0.1, 0.15) is 5.69 Å². The maximum atomic E-state index is 5.42. The van der Waals surface area contributed by atoms with Crippen LogP contribution in [-0.2, 0) is 20.1 Å². The summed E-state index contributed by atoms with van der Waals surface area (Å²) in [6, 6.07) is 1.91. The van der Waals surface area contributed by atoms with E-state index in [1.807, 2.05) is 19.3 Å². The largest absolute Gasteiger partial charge is 0.365 e. The third-order valence-electron chi connectivity index (χ3n) is 2.22. The first kappa shape index (κ1) is 10.6. The summed E-state index contributed by atoms with van der Waals surface area (Å²) in [6.07, 6.45) is 3.63. The molecule has 16 heavy (non-hydrogen) atoms. The van der Waals surface area contributed by atoms with Crippen LogP contribution in [0.4, 0.5) is 5.82 Å². The van der Waals surface area contributed by atoms with E-state index in [1.165, 1.54) is 0 Å². The lowest BCUT2D eigenvalue weighted by Gasteiger charge is -2.03. The number of nitrogens with zero attached hydrogens (tertiary/aromatic N) is 5. The molecular formula is C9H15N7. The Labute approximate surface area is 93.2 Å². The molecule has 0 aliphatic carbocycles. The Balaban J connectivity index is 1.92. The molecular weight excluding hydrogens is 206 g/mol. The smallest absolute Gasteiger partial charge is 0.124 e. The van der Waals surface area contributed by atoms with Crippen LogP contribution in [-0.4, -0.2) is 31.3 Å². The monoisotopic (exact) mass is 221 g/mol. The highest BCUT2D eigenvalue weighted by molar-refractivity contribution is 5.33. The Bertz CT molecular complexity index is 444. The van der Waals surface area contributed by atoms with Gasteiger partial charge in [0, 0.05) is 19.7 Å². The SMILES string of the molecule is Cn1nccc1NCc1cn(CCN)nn1. The van der Waals surface area contributed by atoms with E-state index in [0.717, 1.165) is 11.5 Å². The van der Waals surface area contributed by atoms with Crippen LogP contribution < -0.4 is 11.1 Å². The summed E-state index contributed by atoms with van der Waals surface area (Å²) >= 11 is 0. The maximum Gasteiger partial charge on any atom is 0.124 e. The molecule has 0 radical (unpaired) electrons. The van der Waals surface area contributed by atoms with Crippen molar-refractivity contribution in [2.24, 2.45) is 12.8 Å². The number of anilines is 1. The topological polar surface area (TPSA) is 86.6 Å². The molecule has 0 saturated carbocycles. The number of nitrogens with one attached hydrogen (secondary N) is 1. The van der Waals surface area contributed by atoms with Crippen LogP contribution in [0.2, 0.25) is 0 Å². The van der Waals surface area contributed by atoms with Gasteiger partial charge in [0.15, 0.2) is 0 Å². The Hall–Kier alpha value is -1.89. The first-order chi connectivity index (χ1) is 7.79. The molecule has 0 bridgehead atoms. The van der Waals surface area contributed by atoms with Crippen LogP contribution in [0.5, 0.6) is 0 Å². The predicted octanol–water partition coefficient (Wildman–Crippen LogP) is -0.418. The minimum Gasteiger partial charge on any atom is -0.365 e. The molecule has 86 valence electrons. The fourth-order valence-corrected chi connectivity index (χ4v) is 1.39. The van der Waals surface area contributed by atoms with Gasteiger partial charge in [-0.1, -0.05) is 5.21 Å². The molecule has 2 aromatic rings. The van der Waals surface area contributed by atoms with Gasteiger partial charge in [0.1, 0.15) is 11.5 Å². The summed E-state index contributed by atoms with van der Waals surface area (Å²) in [4.78, 5) is 0. The molecule has 2 aromatic heterocycles. The highest BCUT2D eigenvalue weighted by Crippen LogP contribution is 2.05. The van der Waals surface area contributed by atoms with Gasteiger partial charge in [-0.2, -0.15) is 5.10 Å². The van der Waals surface area contributed by atoms with Gasteiger partial charge in [0.25, 0.3) is 0 Å². The van der Waals surface area contributed by atoms with Gasteiger partial charge in [-0.25, -0.2) is 0 Å². The summed E-state index contributed by atoms with van der Waals surface area (Å²) in [6.45, 7) is 1.89. The molecule has 2 heterocycles. The van der Waals surface area contributed by atoms with Crippen molar-refractivity contribution < 1.29 is 0 Å². The van der Waals surface area contributed by atoms with E-state index in [0.29, 0.717) is 19.6 Å². The number of aryl methyl sites for hydroxylation is 1. The van der Waals surface area contributed by atoms with Crippen molar-refractivity contribution in [2.75, 3.05) is 11.9 Å². The molecule has 0 atom stereocenters. The first-order valence-electron chi connectivity index (χ1n) is 5.10. The van der Waals surface area contributed by atoms with E-state index in [-0.39, 0.29) is 0 Å². The summed E-state index contributed by atoms with van der Waals surface area (Å²) in [5.41, 5.74) is 6.31. The van der Waals surface area contributed by atoms with Gasteiger partial charge in [-0.05, 0) is 0 Å². The molecule has 0 fully saturated rings. The zero-order valence-corrected chi connectivity index (χ0v) is 9.17. The molecule has 3 N–H and O–H groups in total. The Morgan fingerprint density at radius 1 is 1.50 bits per heavy atom. The van der Waals surface area contributed by atoms with Crippen molar-refractivity contribution in [3.63, 3.8) is 0 Å². The van der Waals surface area contributed by atoms with Gasteiger partial charge in [0.05, 0.1) is 25.5 Å². The minimum atomic E-state index is 0.567. The van der Waals surface area contributed by atoms with Crippen LogP contribution in [0, 0.1) is 0 Å². The fraction of sp³-hybridized carbons (Fsp3) is 0.444. The van der Waals surface area contributed by atoms with Gasteiger partial charge in [-0.15, -0.1) is 5.10 Å². The van der Waals surface area contributed by atoms with Crippen molar-refractivity contribution in [3.05, 3.63) is 24.2 Å². The van der Waals surface area contributed by atoms with E-state index in [2.05, 4.69) is 20.7 Å². The average Bonchev–Trinajstić information content (AvgIpc) is 2.86. The molecule has 0 saturated heterocycles. The number of hydrogen-bond donors (Lipinski definition) is 2. The highest BCUT2D eigenvalue weighted by Gasteiger charge is 2.01. The molecule has 0 unspecified atom stereocenters. The lowest BCUT2D eigenvalue weighted by molar-refractivity contribution is 0.598. The standard InChI is InChI=1S/C9H15N7/c1-15-9(2-4-12-15)11-6-8-7-16(5-3-10)14-13-8/h2,4,7,11H,3,5-6,10H2,1H3. The number of rotatable bonds is 5. The van der Waals surface area contributed by atoms with Gasteiger partial charge >= 0.3 is 0 Å². The third-order valence-corrected chi connectivity index (χ3v) is 2.22. The summed E-state index contributed by atoms with van der Waals surface area (Å²) in [7, 11) is 1.88. The van der Waals surface area contributed by atoms with E-state index in [1.54, 1.807) is 15.6 Å². The van der Waals surface area contributed by atoms with E-state index in [9.17, 15) is 0 Å². The molecule has 7 heteroatoms. The summed E-state index contributed by atoms with van der Waals surface area (Å²) in [5, 5.41) is 15.3. The molecule has 0 aliphatic rings. The third kappa shape index (κ3) is 2.37. The Kier molecular flexibility index (Phi) is 3.16. The minimum absolute atomic E-state index is 0.567. The molecule has 0 aliphatic heterocycles. The second-order valence-electron chi connectivity index (χ2n) is 3.46. The van der Waals surface area contributed by atoms with Crippen LogP contribution >= 0.6 is 0 Å². The zero-order chi connectivity index (χ0) is 11.4. The van der Waals surface area contributed by atoms with Crippen molar-refractivity contribution in [1.29, 1.82) is 0 Å². The average molecular weight is 221 g/mol. The number of aromatic nitrogens is 5. The summed E-state index contributed by atoms with van der Waals surface area (Å²) < 4.78 is 3.50. The van der Waals surface area contributed by atoms with Crippen LogP contribution in [0.15, 0.2) is 18.5 Å². The fourth-order valence-electron chi connectivity index (χ4n) is 1.39. The predicted molar refractivity (Wildman–Crippen MR) is 59.6 cm³/mol. The molecule has 0 aromatic carbocycles. The van der Waals surface area contributed by atoms with E-state index < -0.39 is 0 Å². The van der Waals surface area contributed by atoms with E-state index >= 15 is 0 Å².